The highest BCUT2D eigenvalue weighted by Crippen LogP contribution is 2.54. The quantitative estimate of drug-likeness (QED) is 0.443. The van der Waals surface area contributed by atoms with Gasteiger partial charge < -0.3 is 0 Å². The zero-order chi connectivity index (χ0) is 17.1. The Morgan fingerprint density at radius 1 is 0.792 bits per heavy atom. The lowest BCUT2D eigenvalue weighted by Crippen LogP contribution is -2.40. The summed E-state index contributed by atoms with van der Waals surface area (Å²) in [5.41, 5.74) is 8.52. The smallest absolute Gasteiger partial charge is 0.114 e. The van der Waals surface area contributed by atoms with Gasteiger partial charge in [0.05, 0.1) is 8.99 Å². The van der Waals surface area contributed by atoms with E-state index in [1.807, 2.05) is 0 Å². The van der Waals surface area contributed by atoms with Crippen LogP contribution in [-0.4, -0.2) is 9.52 Å². The van der Waals surface area contributed by atoms with Gasteiger partial charge in [-0.05, 0) is 54.2 Å². The average Bonchev–Trinajstić information content (AvgIpc) is 2.93. The summed E-state index contributed by atoms with van der Waals surface area (Å²) >= 11 is 14.5. The molecule has 24 heavy (non-hydrogen) atoms. The number of alkyl halides is 2. The molecule has 0 spiro atoms. The lowest BCUT2D eigenvalue weighted by Gasteiger charge is -2.34. The average molecular weight is 369 g/mol. The van der Waals surface area contributed by atoms with E-state index in [4.69, 9.17) is 23.2 Å². The van der Waals surface area contributed by atoms with Crippen LogP contribution < -0.4 is 0 Å². The maximum atomic E-state index is 7.29. The second-order valence-electron chi connectivity index (χ2n) is 6.65. The minimum absolute atomic E-state index is 0.331. The van der Waals surface area contributed by atoms with Crippen molar-refractivity contribution in [2.75, 3.05) is 0 Å². The molecule has 2 unspecified atom stereocenters. The van der Waals surface area contributed by atoms with E-state index in [1.54, 1.807) is 0 Å². The van der Waals surface area contributed by atoms with Crippen molar-refractivity contribution >= 4 is 44.4 Å². The Hall–Kier alpha value is -1.28. The predicted octanol–water partition coefficient (Wildman–Crippen LogP) is 6.10. The summed E-state index contributed by atoms with van der Waals surface area (Å²) in [6.45, 7) is 6.43. The fourth-order valence-corrected chi connectivity index (χ4v) is 7.18. The summed E-state index contributed by atoms with van der Waals surface area (Å²) in [7, 11) is 0.331. The van der Waals surface area contributed by atoms with Crippen LogP contribution in [0.3, 0.4) is 0 Å². The van der Waals surface area contributed by atoms with Gasteiger partial charge in [0.2, 0.25) is 0 Å². The Morgan fingerprint density at radius 2 is 1.42 bits per heavy atom. The van der Waals surface area contributed by atoms with E-state index in [0.29, 0.717) is 9.52 Å². The standard InChI is InChI=1S/C21H18Cl2Si/c1-13-12-16-8-4-6-10-18(16)20(13,22)24-21(23)15(3)14(2)17-9-5-7-11-19(17)21/h4-12H,1-3H3. The van der Waals surface area contributed by atoms with Crippen molar-refractivity contribution in [3.63, 3.8) is 0 Å². The lowest BCUT2D eigenvalue weighted by molar-refractivity contribution is 0.926. The van der Waals surface area contributed by atoms with Crippen molar-refractivity contribution in [1.29, 1.82) is 0 Å². The molecular formula is C21H18Cl2Si. The SMILES string of the molecule is CC1=Cc2ccccc2C1(Cl)[Si]C1(Cl)C(C)=C(C)c2ccccc21. The van der Waals surface area contributed by atoms with E-state index in [0.717, 1.165) is 0 Å². The fraction of sp³-hybridized carbons (Fsp3) is 0.238. The van der Waals surface area contributed by atoms with Gasteiger partial charge in [-0.3, -0.25) is 0 Å². The molecule has 2 radical (unpaired) electrons. The van der Waals surface area contributed by atoms with Gasteiger partial charge >= 0.3 is 0 Å². The highest BCUT2D eigenvalue weighted by molar-refractivity contribution is 6.69. The summed E-state index contributed by atoms with van der Waals surface area (Å²) in [6, 6.07) is 16.8. The van der Waals surface area contributed by atoms with Gasteiger partial charge in [-0.1, -0.05) is 60.2 Å². The largest absolute Gasteiger partial charge is 0.118 e. The summed E-state index contributed by atoms with van der Waals surface area (Å²) in [5.74, 6) is 0. The monoisotopic (exact) mass is 368 g/mol. The number of hydrogen-bond acceptors (Lipinski definition) is 0. The van der Waals surface area contributed by atoms with E-state index < -0.39 is 8.99 Å². The third kappa shape index (κ3) is 2.05. The summed E-state index contributed by atoms with van der Waals surface area (Å²) in [6.07, 6.45) is 2.20. The van der Waals surface area contributed by atoms with Crippen LogP contribution in [0.15, 0.2) is 59.7 Å². The molecule has 120 valence electrons. The maximum absolute atomic E-state index is 7.29. The molecule has 0 fully saturated rings. The number of hydrogen-bond donors (Lipinski definition) is 0. The second kappa shape index (κ2) is 5.36. The van der Waals surface area contributed by atoms with Crippen LogP contribution in [0, 0.1) is 0 Å². The molecular weight excluding hydrogens is 351 g/mol. The van der Waals surface area contributed by atoms with Gasteiger partial charge in [0.15, 0.2) is 0 Å². The summed E-state index contributed by atoms with van der Waals surface area (Å²) < 4.78 is -1.06. The summed E-state index contributed by atoms with van der Waals surface area (Å²) in [5, 5.41) is 0. The highest BCUT2D eigenvalue weighted by Gasteiger charge is 2.50. The first-order valence-electron chi connectivity index (χ1n) is 8.11. The molecule has 0 N–H and O–H groups in total. The van der Waals surface area contributed by atoms with Crippen molar-refractivity contribution in [3.05, 3.63) is 81.9 Å². The van der Waals surface area contributed by atoms with Crippen LogP contribution in [0.5, 0.6) is 0 Å². The molecule has 0 heterocycles. The molecule has 0 saturated heterocycles. The van der Waals surface area contributed by atoms with Crippen molar-refractivity contribution < 1.29 is 0 Å². The molecule has 2 aliphatic carbocycles. The van der Waals surface area contributed by atoms with Crippen molar-refractivity contribution in [1.82, 2.24) is 0 Å². The molecule has 2 aromatic rings. The number of fused-ring (bicyclic) bond motifs is 2. The highest BCUT2D eigenvalue weighted by atomic mass is 35.5. The van der Waals surface area contributed by atoms with E-state index in [-0.39, 0.29) is 0 Å². The molecule has 0 saturated carbocycles. The van der Waals surface area contributed by atoms with Crippen LogP contribution >= 0.6 is 23.2 Å². The molecule has 0 amide bonds. The molecule has 0 aliphatic heterocycles. The van der Waals surface area contributed by atoms with E-state index in [2.05, 4.69) is 75.4 Å². The molecule has 0 bridgehead atoms. The topological polar surface area (TPSA) is 0 Å². The van der Waals surface area contributed by atoms with E-state index in [9.17, 15) is 0 Å². The number of halogens is 2. The Morgan fingerprint density at radius 3 is 2.17 bits per heavy atom. The third-order valence-electron chi connectivity index (χ3n) is 5.37. The molecule has 4 rings (SSSR count). The molecule has 2 atom stereocenters. The van der Waals surface area contributed by atoms with Crippen molar-refractivity contribution in [2.24, 2.45) is 0 Å². The third-order valence-corrected chi connectivity index (χ3v) is 8.93. The molecule has 2 aromatic carbocycles. The Kier molecular flexibility index (Phi) is 3.62. The summed E-state index contributed by atoms with van der Waals surface area (Å²) in [4.78, 5) is 0. The van der Waals surface area contributed by atoms with Crippen molar-refractivity contribution in [3.8, 4) is 0 Å². The van der Waals surface area contributed by atoms with Crippen LogP contribution in [0.1, 0.15) is 43.0 Å². The second-order valence-corrected chi connectivity index (χ2v) is 10.2. The Labute approximate surface area is 156 Å². The van der Waals surface area contributed by atoms with Crippen molar-refractivity contribution in [2.45, 2.75) is 29.8 Å². The van der Waals surface area contributed by atoms with Crippen LogP contribution in [0.2, 0.25) is 0 Å². The number of allylic oxidation sites excluding steroid dienone is 3. The minimum Gasteiger partial charge on any atom is -0.114 e. The first kappa shape index (κ1) is 16.2. The maximum Gasteiger partial charge on any atom is 0.118 e. The first-order chi connectivity index (χ1) is 11.4. The fourth-order valence-electron chi connectivity index (χ4n) is 3.82. The van der Waals surface area contributed by atoms with Gasteiger partial charge in [0.25, 0.3) is 0 Å². The van der Waals surface area contributed by atoms with Gasteiger partial charge in [0, 0.05) is 0 Å². The molecule has 0 nitrogen and oxygen atoms in total. The van der Waals surface area contributed by atoms with Gasteiger partial charge in [0.1, 0.15) is 9.52 Å². The minimum atomic E-state index is -0.533. The molecule has 2 aliphatic rings. The Balaban J connectivity index is 1.86. The Bertz CT molecular complexity index is 912. The van der Waals surface area contributed by atoms with Gasteiger partial charge in [-0.25, -0.2) is 0 Å². The zero-order valence-corrected chi connectivity index (χ0v) is 16.5. The zero-order valence-electron chi connectivity index (χ0n) is 14.0. The van der Waals surface area contributed by atoms with Crippen LogP contribution in [0.25, 0.3) is 11.6 Å². The van der Waals surface area contributed by atoms with Crippen LogP contribution in [0.4, 0.5) is 0 Å². The van der Waals surface area contributed by atoms with Crippen LogP contribution in [-0.2, 0) is 8.99 Å². The van der Waals surface area contributed by atoms with E-state index >= 15 is 0 Å². The normalized spacial score (nSPS) is 28.0. The number of rotatable bonds is 2. The van der Waals surface area contributed by atoms with E-state index in [1.165, 1.54) is 39.0 Å². The molecule has 0 aromatic heterocycles. The van der Waals surface area contributed by atoms with Gasteiger partial charge in [-0.2, -0.15) is 0 Å². The predicted molar refractivity (Wildman–Crippen MR) is 106 cm³/mol. The molecule has 3 heteroatoms. The van der Waals surface area contributed by atoms with Gasteiger partial charge in [-0.15, -0.1) is 23.2 Å². The first-order valence-corrected chi connectivity index (χ1v) is 9.87. The lowest BCUT2D eigenvalue weighted by atomic mass is 10.1. The number of benzene rings is 2.